The van der Waals surface area contributed by atoms with E-state index in [1.54, 1.807) is 12.1 Å². The average molecular weight is 373 g/mol. The van der Waals surface area contributed by atoms with Crippen LogP contribution in [0.5, 0.6) is 5.75 Å². The maximum atomic E-state index is 12.7. The predicted molar refractivity (Wildman–Crippen MR) is 91.3 cm³/mol. The molecule has 2 rings (SSSR count). The predicted octanol–water partition coefficient (Wildman–Crippen LogP) is 4.73. The normalized spacial score (nSPS) is 11.1. The van der Waals surface area contributed by atoms with Crippen molar-refractivity contribution in [2.24, 2.45) is 0 Å². The lowest BCUT2D eigenvalue weighted by Crippen LogP contribution is -2.22. The van der Waals surface area contributed by atoms with Gasteiger partial charge in [0.25, 0.3) is 0 Å². The van der Waals surface area contributed by atoms with Crippen LogP contribution in [0.2, 0.25) is 5.02 Å². The van der Waals surface area contributed by atoms with E-state index in [9.17, 15) is 18.0 Å². The third-order valence-electron chi connectivity index (χ3n) is 3.36. The molecule has 0 aliphatic carbocycles. The van der Waals surface area contributed by atoms with Crippen LogP contribution in [0, 0.1) is 6.92 Å². The van der Waals surface area contributed by atoms with Crippen LogP contribution in [-0.2, 0) is 11.0 Å². The number of hydrogen-bond donors (Lipinski definition) is 2. The first kappa shape index (κ1) is 18.9. The van der Waals surface area contributed by atoms with Gasteiger partial charge in [0.15, 0.2) is 0 Å². The molecule has 1 amide bonds. The minimum absolute atomic E-state index is 0.0304. The SMILES string of the molecule is COc1ccc(C)cc1NC(=O)CNc1cc(C(F)(F)F)ccc1Cl. The van der Waals surface area contributed by atoms with Gasteiger partial charge in [0.2, 0.25) is 5.91 Å². The summed E-state index contributed by atoms with van der Waals surface area (Å²) in [5, 5.41) is 5.35. The van der Waals surface area contributed by atoms with Crippen molar-refractivity contribution in [1.82, 2.24) is 0 Å². The van der Waals surface area contributed by atoms with Gasteiger partial charge in [-0.2, -0.15) is 13.2 Å². The summed E-state index contributed by atoms with van der Waals surface area (Å²) in [6.45, 7) is 1.61. The zero-order valence-electron chi connectivity index (χ0n) is 13.5. The fraction of sp³-hybridized carbons (Fsp3) is 0.235. The number of carbonyl (C=O) groups is 1. The number of nitrogens with one attached hydrogen (secondary N) is 2. The number of hydrogen-bond acceptors (Lipinski definition) is 3. The lowest BCUT2D eigenvalue weighted by atomic mass is 10.2. The van der Waals surface area contributed by atoms with Gasteiger partial charge in [-0.25, -0.2) is 0 Å². The van der Waals surface area contributed by atoms with Crippen molar-refractivity contribution in [2.45, 2.75) is 13.1 Å². The maximum Gasteiger partial charge on any atom is 0.416 e. The van der Waals surface area contributed by atoms with E-state index in [0.717, 1.165) is 23.8 Å². The molecule has 0 radical (unpaired) electrons. The zero-order chi connectivity index (χ0) is 18.6. The molecular formula is C17H16ClF3N2O2. The third kappa shape index (κ3) is 5.03. The van der Waals surface area contributed by atoms with Gasteiger partial charge < -0.3 is 15.4 Å². The van der Waals surface area contributed by atoms with E-state index in [1.165, 1.54) is 7.11 Å². The summed E-state index contributed by atoms with van der Waals surface area (Å²) in [5.41, 5.74) is 0.581. The summed E-state index contributed by atoms with van der Waals surface area (Å²) in [7, 11) is 1.47. The van der Waals surface area contributed by atoms with E-state index in [1.807, 2.05) is 13.0 Å². The fourth-order valence-corrected chi connectivity index (χ4v) is 2.31. The Bertz CT molecular complexity index is 779. The first-order valence-electron chi connectivity index (χ1n) is 7.26. The molecule has 0 aliphatic heterocycles. The summed E-state index contributed by atoms with van der Waals surface area (Å²) < 4.78 is 43.4. The van der Waals surface area contributed by atoms with Gasteiger partial charge in [0, 0.05) is 0 Å². The molecule has 0 aliphatic rings. The first-order valence-corrected chi connectivity index (χ1v) is 7.63. The van der Waals surface area contributed by atoms with Crippen LogP contribution < -0.4 is 15.4 Å². The maximum absolute atomic E-state index is 12.7. The highest BCUT2D eigenvalue weighted by atomic mass is 35.5. The molecule has 4 nitrogen and oxygen atoms in total. The molecule has 0 aromatic heterocycles. The molecule has 0 unspecified atom stereocenters. The van der Waals surface area contributed by atoms with E-state index in [0.29, 0.717) is 11.4 Å². The van der Waals surface area contributed by atoms with Crippen LogP contribution in [0.15, 0.2) is 36.4 Å². The highest BCUT2D eigenvalue weighted by Gasteiger charge is 2.31. The van der Waals surface area contributed by atoms with Crippen LogP contribution in [0.1, 0.15) is 11.1 Å². The zero-order valence-corrected chi connectivity index (χ0v) is 14.3. The van der Waals surface area contributed by atoms with Gasteiger partial charge in [-0.1, -0.05) is 17.7 Å². The van der Waals surface area contributed by atoms with Crippen LogP contribution in [0.25, 0.3) is 0 Å². The van der Waals surface area contributed by atoms with E-state index < -0.39 is 17.6 Å². The summed E-state index contributed by atoms with van der Waals surface area (Å²) >= 11 is 5.88. The van der Waals surface area contributed by atoms with Crippen molar-refractivity contribution in [2.75, 3.05) is 24.3 Å². The number of aryl methyl sites for hydroxylation is 1. The van der Waals surface area contributed by atoms with Gasteiger partial charge in [0.05, 0.1) is 35.6 Å². The third-order valence-corrected chi connectivity index (χ3v) is 3.69. The van der Waals surface area contributed by atoms with Crippen molar-refractivity contribution < 1.29 is 22.7 Å². The molecule has 8 heteroatoms. The molecule has 0 atom stereocenters. The molecule has 0 spiro atoms. The summed E-state index contributed by atoms with van der Waals surface area (Å²) in [6, 6.07) is 8.15. The highest BCUT2D eigenvalue weighted by molar-refractivity contribution is 6.33. The number of benzene rings is 2. The van der Waals surface area contributed by atoms with Crippen LogP contribution >= 0.6 is 11.6 Å². The second-order valence-corrected chi connectivity index (χ2v) is 5.71. The molecule has 2 N–H and O–H groups in total. The Morgan fingerprint density at radius 1 is 1.16 bits per heavy atom. The van der Waals surface area contributed by atoms with Crippen LogP contribution in [0.4, 0.5) is 24.5 Å². The Morgan fingerprint density at radius 2 is 1.88 bits per heavy atom. The van der Waals surface area contributed by atoms with Gasteiger partial charge in [-0.3, -0.25) is 4.79 Å². The lowest BCUT2D eigenvalue weighted by molar-refractivity contribution is -0.137. The minimum atomic E-state index is -4.49. The summed E-state index contributed by atoms with van der Waals surface area (Å²) in [6.07, 6.45) is -4.49. The minimum Gasteiger partial charge on any atom is -0.495 e. The Kier molecular flexibility index (Phi) is 5.79. The first-order chi connectivity index (χ1) is 11.7. The molecular weight excluding hydrogens is 357 g/mol. The molecule has 0 fully saturated rings. The standard InChI is InChI=1S/C17H16ClF3N2O2/c1-10-3-6-15(25-2)14(7-10)23-16(24)9-22-13-8-11(17(19,20)21)4-5-12(13)18/h3-8,22H,9H2,1-2H3,(H,23,24). The molecule has 0 saturated heterocycles. The average Bonchev–Trinajstić information content (AvgIpc) is 2.53. The van der Waals surface area contributed by atoms with Gasteiger partial charge in [-0.15, -0.1) is 0 Å². The monoisotopic (exact) mass is 372 g/mol. The fourth-order valence-electron chi connectivity index (χ4n) is 2.13. The van der Waals surface area contributed by atoms with E-state index in [2.05, 4.69) is 10.6 Å². The quantitative estimate of drug-likeness (QED) is 0.798. The van der Waals surface area contributed by atoms with Crippen molar-refractivity contribution in [3.63, 3.8) is 0 Å². The molecule has 134 valence electrons. The van der Waals surface area contributed by atoms with E-state index in [4.69, 9.17) is 16.3 Å². The molecule has 2 aromatic rings. The topological polar surface area (TPSA) is 50.4 Å². The van der Waals surface area contributed by atoms with Crippen molar-refractivity contribution in [1.29, 1.82) is 0 Å². The number of rotatable bonds is 5. The lowest BCUT2D eigenvalue weighted by Gasteiger charge is -2.14. The van der Waals surface area contributed by atoms with Crippen molar-refractivity contribution >= 4 is 28.9 Å². The Hall–Kier alpha value is -2.41. The number of anilines is 2. The van der Waals surface area contributed by atoms with Crippen molar-refractivity contribution in [3.8, 4) is 5.75 Å². The molecule has 0 heterocycles. The Balaban J connectivity index is 2.07. The second-order valence-electron chi connectivity index (χ2n) is 5.30. The number of methoxy groups -OCH3 is 1. The van der Waals surface area contributed by atoms with Crippen molar-refractivity contribution in [3.05, 3.63) is 52.5 Å². The van der Waals surface area contributed by atoms with E-state index >= 15 is 0 Å². The molecule has 25 heavy (non-hydrogen) atoms. The Morgan fingerprint density at radius 3 is 2.52 bits per heavy atom. The van der Waals surface area contributed by atoms with Gasteiger partial charge in [0.1, 0.15) is 5.75 Å². The molecule has 0 saturated carbocycles. The highest BCUT2D eigenvalue weighted by Crippen LogP contribution is 2.33. The Labute approximate surface area is 147 Å². The van der Waals surface area contributed by atoms with Crippen LogP contribution in [-0.4, -0.2) is 19.6 Å². The molecule has 2 aromatic carbocycles. The largest absolute Gasteiger partial charge is 0.495 e. The van der Waals surface area contributed by atoms with Crippen LogP contribution in [0.3, 0.4) is 0 Å². The summed E-state index contributed by atoms with van der Waals surface area (Å²) in [5.74, 6) is 0.0356. The number of ether oxygens (including phenoxy) is 1. The number of alkyl halides is 3. The number of halogens is 4. The van der Waals surface area contributed by atoms with E-state index in [-0.39, 0.29) is 17.3 Å². The summed E-state index contributed by atoms with van der Waals surface area (Å²) in [4.78, 5) is 12.1. The van der Waals surface area contributed by atoms with Gasteiger partial charge in [-0.05, 0) is 42.8 Å². The number of carbonyl (C=O) groups excluding carboxylic acids is 1. The number of amides is 1. The van der Waals surface area contributed by atoms with Gasteiger partial charge >= 0.3 is 6.18 Å². The molecule has 0 bridgehead atoms. The smallest absolute Gasteiger partial charge is 0.416 e. The second kappa shape index (κ2) is 7.65.